The molecule has 0 aliphatic carbocycles. The van der Waals surface area contributed by atoms with Crippen LogP contribution in [0.15, 0.2) is 36.9 Å². The highest BCUT2D eigenvalue weighted by molar-refractivity contribution is 6.13. The Bertz CT molecular complexity index is 1430. The van der Waals surface area contributed by atoms with Gasteiger partial charge in [0.15, 0.2) is 17.8 Å². The van der Waals surface area contributed by atoms with E-state index in [9.17, 15) is 14.7 Å². The lowest BCUT2D eigenvalue weighted by atomic mass is 9.97. The first-order valence-electron chi connectivity index (χ1n) is 12.1. The van der Waals surface area contributed by atoms with E-state index in [0.29, 0.717) is 48.2 Å². The van der Waals surface area contributed by atoms with E-state index in [4.69, 9.17) is 4.74 Å². The number of imidazole rings is 1. The minimum Gasteiger partial charge on any atom is -0.507 e. The lowest BCUT2D eigenvalue weighted by Gasteiger charge is -2.26. The Morgan fingerprint density at radius 2 is 2.08 bits per heavy atom. The Balaban J connectivity index is 1.46. The summed E-state index contributed by atoms with van der Waals surface area (Å²) >= 11 is 0. The fourth-order valence-corrected chi connectivity index (χ4v) is 4.99. The fourth-order valence-electron chi connectivity index (χ4n) is 4.99. The number of ether oxygens (including phenoxy) is 1. The summed E-state index contributed by atoms with van der Waals surface area (Å²) in [6, 6.07) is 6.94. The van der Waals surface area contributed by atoms with Crippen LogP contribution in [0.1, 0.15) is 47.4 Å². The largest absolute Gasteiger partial charge is 0.507 e. The van der Waals surface area contributed by atoms with Crippen molar-refractivity contribution in [3.8, 4) is 11.5 Å². The number of phenolic OH excluding ortho intramolecular Hbond substituents is 1. The van der Waals surface area contributed by atoms with Gasteiger partial charge in [-0.25, -0.2) is 15.0 Å². The molecule has 2 aromatic heterocycles. The van der Waals surface area contributed by atoms with Gasteiger partial charge >= 0.3 is 0 Å². The molecule has 10 heteroatoms. The van der Waals surface area contributed by atoms with E-state index in [1.807, 2.05) is 13.8 Å². The molecule has 1 atom stereocenters. The second-order valence-electron chi connectivity index (χ2n) is 8.73. The number of nitrogens with zero attached hydrogens (tertiary/aromatic N) is 5. The minimum atomic E-state index is -0.371. The van der Waals surface area contributed by atoms with Gasteiger partial charge < -0.3 is 24.6 Å². The topological polar surface area (TPSA) is 125 Å². The third-order valence-corrected chi connectivity index (χ3v) is 6.82. The van der Waals surface area contributed by atoms with Crippen LogP contribution in [0.3, 0.4) is 0 Å². The number of H-pyrrole nitrogens is 1. The summed E-state index contributed by atoms with van der Waals surface area (Å²) in [5.41, 5.74) is 1.59. The zero-order chi connectivity index (χ0) is 25.2. The maximum atomic E-state index is 13.0. The minimum absolute atomic E-state index is 0.0205. The van der Waals surface area contributed by atoms with Crippen LogP contribution in [0, 0.1) is 0 Å². The van der Waals surface area contributed by atoms with Crippen molar-refractivity contribution in [1.29, 1.82) is 0 Å². The number of nitrogens with one attached hydrogen (secondary N) is 1. The molecule has 0 spiro atoms. The van der Waals surface area contributed by atoms with Gasteiger partial charge in [0.2, 0.25) is 0 Å². The number of carbonyl (C=O) groups excluding carboxylic acids is 2. The van der Waals surface area contributed by atoms with Gasteiger partial charge in [0.1, 0.15) is 29.9 Å². The summed E-state index contributed by atoms with van der Waals surface area (Å²) in [6.45, 7) is 5.88. The number of benzene rings is 2. The van der Waals surface area contributed by atoms with Crippen molar-refractivity contribution in [2.75, 3.05) is 31.1 Å². The Morgan fingerprint density at radius 1 is 1.25 bits per heavy atom. The quantitative estimate of drug-likeness (QED) is 0.361. The molecular weight excluding hydrogens is 460 g/mol. The lowest BCUT2D eigenvalue weighted by molar-refractivity contribution is 0.0767. The molecule has 0 saturated carbocycles. The SMILES string of the molecule is CCN(CC)C(=O)c1c(O)cc2c(OC[C@H]3CCCN3c3ncnc4[nH]cnc34)cccc2c1C=O. The van der Waals surface area contributed by atoms with Crippen molar-refractivity contribution in [1.82, 2.24) is 24.8 Å². The average molecular weight is 489 g/mol. The molecule has 186 valence electrons. The number of phenols is 1. The van der Waals surface area contributed by atoms with Crippen LogP contribution < -0.4 is 9.64 Å². The van der Waals surface area contributed by atoms with Crippen LogP contribution in [0.2, 0.25) is 0 Å². The van der Waals surface area contributed by atoms with E-state index < -0.39 is 0 Å². The predicted molar refractivity (Wildman–Crippen MR) is 136 cm³/mol. The van der Waals surface area contributed by atoms with Gasteiger partial charge in [-0.2, -0.15) is 0 Å². The van der Waals surface area contributed by atoms with Gasteiger partial charge in [-0.1, -0.05) is 12.1 Å². The number of hydrogen-bond acceptors (Lipinski definition) is 8. The Hall–Kier alpha value is -4.21. The van der Waals surface area contributed by atoms with Crippen molar-refractivity contribution in [3.05, 3.63) is 48.0 Å². The van der Waals surface area contributed by atoms with Crippen LogP contribution >= 0.6 is 0 Å². The highest BCUT2D eigenvalue weighted by atomic mass is 16.5. The Labute approximate surface area is 207 Å². The average Bonchev–Trinajstić information content (AvgIpc) is 3.56. The Morgan fingerprint density at radius 3 is 2.86 bits per heavy atom. The van der Waals surface area contributed by atoms with Crippen molar-refractivity contribution < 1.29 is 19.4 Å². The van der Waals surface area contributed by atoms with Crippen molar-refractivity contribution >= 4 is 39.9 Å². The van der Waals surface area contributed by atoms with Crippen LogP contribution in [-0.4, -0.2) is 74.4 Å². The zero-order valence-electron chi connectivity index (χ0n) is 20.3. The van der Waals surface area contributed by atoms with E-state index in [0.717, 1.165) is 30.7 Å². The molecule has 2 N–H and O–H groups in total. The van der Waals surface area contributed by atoms with E-state index in [-0.39, 0.29) is 28.8 Å². The van der Waals surface area contributed by atoms with Gasteiger partial charge in [0, 0.05) is 30.6 Å². The van der Waals surface area contributed by atoms with Crippen LogP contribution in [0.5, 0.6) is 11.5 Å². The number of aromatic amines is 1. The number of aromatic nitrogens is 4. The molecular formula is C26H28N6O4. The number of carbonyl (C=O) groups is 2. The summed E-state index contributed by atoms with van der Waals surface area (Å²) in [7, 11) is 0. The van der Waals surface area contributed by atoms with Crippen LogP contribution in [0.4, 0.5) is 5.82 Å². The molecule has 36 heavy (non-hydrogen) atoms. The molecule has 1 amide bonds. The summed E-state index contributed by atoms with van der Waals surface area (Å²) in [6.07, 6.45) is 5.68. The molecule has 1 aliphatic rings. The second-order valence-corrected chi connectivity index (χ2v) is 8.73. The number of amides is 1. The van der Waals surface area contributed by atoms with Gasteiger partial charge in [-0.15, -0.1) is 0 Å². The molecule has 1 saturated heterocycles. The third kappa shape index (κ3) is 3.98. The van der Waals surface area contributed by atoms with Crippen molar-refractivity contribution in [2.45, 2.75) is 32.7 Å². The molecule has 4 aromatic rings. The number of anilines is 1. The molecule has 0 radical (unpaired) electrons. The molecule has 5 rings (SSSR count). The lowest BCUT2D eigenvalue weighted by Crippen LogP contribution is -2.35. The van der Waals surface area contributed by atoms with Crippen LogP contribution in [-0.2, 0) is 0 Å². The number of fused-ring (bicyclic) bond motifs is 2. The van der Waals surface area contributed by atoms with Crippen LogP contribution in [0.25, 0.3) is 21.9 Å². The maximum absolute atomic E-state index is 13.0. The molecule has 2 aromatic carbocycles. The molecule has 0 bridgehead atoms. The summed E-state index contributed by atoms with van der Waals surface area (Å²) < 4.78 is 6.26. The molecule has 1 aliphatic heterocycles. The van der Waals surface area contributed by atoms with E-state index >= 15 is 0 Å². The van der Waals surface area contributed by atoms with E-state index in [2.05, 4.69) is 24.8 Å². The first-order valence-corrected chi connectivity index (χ1v) is 12.1. The van der Waals surface area contributed by atoms with Gasteiger partial charge in [0.05, 0.1) is 17.9 Å². The summed E-state index contributed by atoms with van der Waals surface area (Å²) in [5, 5.41) is 12.0. The number of aromatic hydroxyl groups is 1. The fraction of sp³-hybridized carbons (Fsp3) is 0.346. The second kappa shape index (κ2) is 9.80. The molecule has 0 unspecified atom stereocenters. The predicted octanol–water partition coefficient (Wildman–Crippen LogP) is 3.55. The van der Waals surface area contributed by atoms with Gasteiger partial charge in [-0.3, -0.25) is 9.59 Å². The highest BCUT2D eigenvalue weighted by Gasteiger charge is 2.29. The number of aldehydes is 1. The number of rotatable bonds is 8. The normalized spacial score (nSPS) is 15.5. The molecule has 10 nitrogen and oxygen atoms in total. The van der Waals surface area contributed by atoms with Crippen molar-refractivity contribution in [2.24, 2.45) is 0 Å². The molecule has 3 heterocycles. The van der Waals surface area contributed by atoms with E-state index in [1.54, 1.807) is 29.4 Å². The molecule has 1 fully saturated rings. The summed E-state index contributed by atoms with van der Waals surface area (Å²) in [5.74, 6) is 0.698. The maximum Gasteiger partial charge on any atom is 0.258 e. The first-order chi connectivity index (χ1) is 17.6. The smallest absolute Gasteiger partial charge is 0.258 e. The first kappa shape index (κ1) is 23.5. The number of hydrogen-bond donors (Lipinski definition) is 2. The highest BCUT2D eigenvalue weighted by Crippen LogP contribution is 2.36. The monoisotopic (exact) mass is 488 g/mol. The standard InChI is InChI=1S/C26H28N6O4/c1-3-31(4-2)26(35)22-19(12-33)17-8-5-9-21(18(17)11-20(22)34)36-13-16-7-6-10-32(16)25-23-24(28-14-27-23)29-15-30-25/h5,8-9,11-12,14-16,34H,3-4,6-7,10,13H2,1-2H3,(H,27,28,29,30)/t16-/m1/s1. The summed E-state index contributed by atoms with van der Waals surface area (Å²) in [4.78, 5) is 45.0. The third-order valence-electron chi connectivity index (χ3n) is 6.82. The van der Waals surface area contributed by atoms with E-state index in [1.165, 1.54) is 12.4 Å². The van der Waals surface area contributed by atoms with Crippen molar-refractivity contribution in [3.63, 3.8) is 0 Å². The Kier molecular flexibility index (Phi) is 6.41. The van der Waals surface area contributed by atoms with Gasteiger partial charge in [0.25, 0.3) is 5.91 Å². The zero-order valence-corrected chi connectivity index (χ0v) is 20.3. The van der Waals surface area contributed by atoms with Gasteiger partial charge in [-0.05, 0) is 44.2 Å².